The second kappa shape index (κ2) is 11.9. The van der Waals surface area contributed by atoms with E-state index in [-0.39, 0.29) is 32.8 Å². The molecule has 2 aromatic carbocycles. The summed E-state index contributed by atoms with van der Waals surface area (Å²) in [6, 6.07) is 15.7. The van der Waals surface area contributed by atoms with Crippen molar-refractivity contribution in [3.8, 4) is 6.07 Å². The van der Waals surface area contributed by atoms with Crippen LogP contribution < -0.4 is 0 Å². The van der Waals surface area contributed by atoms with Crippen molar-refractivity contribution in [2.75, 3.05) is 26.4 Å². The lowest BCUT2D eigenvalue weighted by molar-refractivity contribution is 0.193. The van der Waals surface area contributed by atoms with Crippen molar-refractivity contribution in [1.29, 1.82) is 5.26 Å². The molecule has 0 radical (unpaired) electrons. The van der Waals surface area contributed by atoms with Crippen molar-refractivity contribution in [1.82, 2.24) is 0 Å². The summed E-state index contributed by atoms with van der Waals surface area (Å²) in [6.07, 6.45) is -0.0565. The average Bonchev–Trinajstić information content (AvgIpc) is 2.75. The lowest BCUT2D eigenvalue weighted by Crippen LogP contribution is -2.20. The topological polar surface area (TPSA) is 94.9 Å². The highest BCUT2D eigenvalue weighted by Gasteiger charge is 2.51. The van der Waals surface area contributed by atoms with Crippen LogP contribution in [0.1, 0.15) is 45.6 Å². The molecule has 0 saturated heterocycles. The Labute approximate surface area is 184 Å². The van der Waals surface area contributed by atoms with Gasteiger partial charge in [0.25, 0.3) is 0 Å². The SMILES string of the molecule is CCOP(=O)(OCC)C(CC(C#N)c1cccc2ccccc12)P(=O)(OCC)OCC. The third-order valence-corrected chi connectivity index (χ3v) is 10.8. The molecule has 0 aromatic heterocycles. The van der Waals surface area contributed by atoms with Gasteiger partial charge in [0.05, 0.1) is 38.4 Å². The van der Waals surface area contributed by atoms with Crippen LogP contribution in [-0.4, -0.2) is 31.8 Å². The lowest BCUT2D eigenvalue weighted by Gasteiger charge is -2.32. The third-order valence-electron chi connectivity index (χ3n) is 4.77. The highest BCUT2D eigenvalue weighted by molar-refractivity contribution is 7.72. The van der Waals surface area contributed by atoms with E-state index in [2.05, 4.69) is 6.07 Å². The van der Waals surface area contributed by atoms with E-state index in [0.29, 0.717) is 0 Å². The number of fused-ring (bicyclic) bond motifs is 1. The van der Waals surface area contributed by atoms with Gasteiger partial charge in [-0.2, -0.15) is 5.26 Å². The first kappa shape index (κ1) is 25.7. The van der Waals surface area contributed by atoms with Gasteiger partial charge in [-0.25, -0.2) is 0 Å². The van der Waals surface area contributed by atoms with Crippen LogP contribution in [0.15, 0.2) is 42.5 Å². The molecule has 9 heteroatoms. The quantitative estimate of drug-likeness (QED) is 0.303. The molecule has 1 unspecified atom stereocenters. The summed E-state index contributed by atoms with van der Waals surface area (Å²) >= 11 is 0. The summed E-state index contributed by atoms with van der Waals surface area (Å²) < 4.78 is 49.7. The lowest BCUT2D eigenvalue weighted by atomic mass is 9.92. The first-order valence-corrected chi connectivity index (χ1v) is 13.8. The van der Waals surface area contributed by atoms with E-state index in [1.807, 2.05) is 42.5 Å². The Balaban J connectivity index is 2.60. The first-order valence-electron chi connectivity index (χ1n) is 10.5. The molecule has 1 atom stereocenters. The van der Waals surface area contributed by atoms with E-state index < -0.39 is 26.5 Å². The first-order chi connectivity index (χ1) is 14.9. The van der Waals surface area contributed by atoms with Gasteiger partial charge in [-0.1, -0.05) is 42.5 Å². The van der Waals surface area contributed by atoms with Crippen LogP contribution in [0.25, 0.3) is 10.8 Å². The third kappa shape index (κ3) is 6.05. The molecule has 0 aliphatic carbocycles. The molecule has 0 amide bonds. The molecule has 0 heterocycles. The fraction of sp³-hybridized carbons (Fsp3) is 0.500. The zero-order chi connectivity index (χ0) is 22.9. The number of hydrogen-bond donors (Lipinski definition) is 0. The largest absolute Gasteiger partial charge is 0.345 e. The predicted molar refractivity (Wildman–Crippen MR) is 122 cm³/mol. The summed E-state index contributed by atoms with van der Waals surface area (Å²) in [7, 11) is -7.85. The molecule has 0 aliphatic heterocycles. The van der Waals surface area contributed by atoms with Gasteiger partial charge < -0.3 is 18.1 Å². The van der Waals surface area contributed by atoms with E-state index in [9.17, 15) is 14.4 Å². The molecule has 0 aliphatic rings. The molecule has 170 valence electrons. The molecule has 7 nitrogen and oxygen atoms in total. The van der Waals surface area contributed by atoms with Crippen molar-refractivity contribution >= 4 is 26.0 Å². The van der Waals surface area contributed by atoms with Crippen molar-refractivity contribution in [3.63, 3.8) is 0 Å². The Morgan fingerprint density at radius 2 is 1.29 bits per heavy atom. The van der Waals surface area contributed by atoms with Gasteiger partial charge in [0.1, 0.15) is 0 Å². The molecule has 0 saturated carbocycles. The Kier molecular flexibility index (Phi) is 9.90. The Hall–Kier alpha value is -1.51. The monoisotopic (exact) mass is 467 g/mol. The van der Waals surface area contributed by atoms with Crippen LogP contribution in [0.3, 0.4) is 0 Å². The average molecular weight is 467 g/mol. The number of rotatable bonds is 13. The van der Waals surface area contributed by atoms with Gasteiger partial charge in [-0.15, -0.1) is 0 Å². The van der Waals surface area contributed by atoms with Crippen molar-refractivity contribution in [2.24, 2.45) is 0 Å². The Morgan fingerprint density at radius 3 is 1.77 bits per heavy atom. The summed E-state index contributed by atoms with van der Waals surface area (Å²) in [5.41, 5.74) is 0.754. The van der Waals surface area contributed by atoms with Gasteiger partial charge in [-0.05, 0) is 50.5 Å². The fourth-order valence-electron chi connectivity index (χ4n) is 3.58. The summed E-state index contributed by atoms with van der Waals surface area (Å²) in [6.45, 7) is 7.11. The van der Waals surface area contributed by atoms with Gasteiger partial charge in [0.2, 0.25) is 0 Å². The van der Waals surface area contributed by atoms with E-state index >= 15 is 0 Å². The van der Waals surface area contributed by atoms with Crippen LogP contribution >= 0.6 is 15.2 Å². The molecule has 2 rings (SSSR count). The second-order valence-electron chi connectivity index (χ2n) is 6.72. The minimum absolute atomic E-state index is 0.0565. The Morgan fingerprint density at radius 1 is 0.806 bits per heavy atom. The van der Waals surface area contributed by atoms with E-state index in [4.69, 9.17) is 18.1 Å². The van der Waals surface area contributed by atoms with Crippen molar-refractivity contribution < 1.29 is 27.2 Å². The summed E-state index contributed by atoms with van der Waals surface area (Å²) in [5.74, 6) is -0.723. The number of hydrogen-bond acceptors (Lipinski definition) is 7. The van der Waals surface area contributed by atoms with Crippen LogP contribution in [0, 0.1) is 11.3 Å². The second-order valence-corrected chi connectivity index (χ2v) is 11.6. The van der Waals surface area contributed by atoms with Crippen molar-refractivity contribution in [3.05, 3.63) is 48.0 Å². The van der Waals surface area contributed by atoms with Crippen LogP contribution in [0.4, 0.5) is 0 Å². The molecule has 0 fully saturated rings. The van der Waals surface area contributed by atoms with Gasteiger partial charge >= 0.3 is 15.2 Å². The standard InChI is InChI=1S/C22H31NO6P2/c1-5-26-30(24,27-6-2)22(31(25,28-7-3)29-8-4)16-19(17-23)21-15-11-13-18-12-9-10-14-20(18)21/h9-15,19,22H,5-8,16H2,1-4H3. The minimum atomic E-state index is -3.92. The van der Waals surface area contributed by atoms with Gasteiger partial charge in [0.15, 0.2) is 5.40 Å². The number of nitrogens with zero attached hydrogens (tertiary/aromatic N) is 1. The minimum Gasteiger partial charge on any atom is -0.308 e. The number of benzene rings is 2. The molecule has 31 heavy (non-hydrogen) atoms. The maximum atomic E-state index is 13.8. The normalized spacial score (nSPS) is 13.4. The molecular weight excluding hydrogens is 436 g/mol. The molecule has 0 N–H and O–H groups in total. The van der Waals surface area contributed by atoms with Gasteiger partial charge in [0, 0.05) is 0 Å². The molecule has 2 aromatic rings. The Bertz CT molecular complexity index is 934. The highest BCUT2D eigenvalue weighted by atomic mass is 31.2. The van der Waals surface area contributed by atoms with Crippen LogP contribution in [0.2, 0.25) is 0 Å². The van der Waals surface area contributed by atoms with Crippen LogP contribution in [0.5, 0.6) is 0 Å². The predicted octanol–water partition coefficient (Wildman–Crippen LogP) is 6.70. The maximum absolute atomic E-state index is 13.8. The zero-order valence-electron chi connectivity index (χ0n) is 18.5. The van der Waals surface area contributed by atoms with E-state index in [1.54, 1.807) is 27.7 Å². The maximum Gasteiger partial charge on any atom is 0.345 e. The van der Waals surface area contributed by atoms with Crippen LogP contribution in [-0.2, 0) is 27.2 Å². The molecule has 0 bridgehead atoms. The highest BCUT2D eigenvalue weighted by Crippen LogP contribution is 2.72. The van der Waals surface area contributed by atoms with E-state index in [1.165, 1.54) is 0 Å². The van der Waals surface area contributed by atoms with Gasteiger partial charge in [-0.3, -0.25) is 9.13 Å². The summed E-state index contributed by atoms with van der Waals surface area (Å²) in [4.78, 5) is 0. The fourth-order valence-corrected chi connectivity index (χ4v) is 8.98. The molecule has 0 spiro atoms. The number of nitriles is 1. The smallest absolute Gasteiger partial charge is 0.308 e. The van der Waals surface area contributed by atoms with E-state index in [0.717, 1.165) is 16.3 Å². The zero-order valence-corrected chi connectivity index (χ0v) is 20.3. The molecular formula is C22H31NO6P2. The summed E-state index contributed by atoms with van der Waals surface area (Å²) in [5, 5.41) is 10.7. The van der Waals surface area contributed by atoms with Crippen molar-refractivity contribution in [2.45, 2.75) is 45.4 Å².